The van der Waals surface area contributed by atoms with Gasteiger partial charge in [0.05, 0.1) is 0 Å². The molecule has 4 aromatic rings. The zero-order valence-electron chi connectivity index (χ0n) is 45.2. The van der Waals surface area contributed by atoms with Crippen LogP contribution in [0.5, 0.6) is 0 Å². The van der Waals surface area contributed by atoms with Crippen LogP contribution in [0.4, 0.5) is 32.3 Å². The predicted molar refractivity (Wildman–Crippen MR) is 312 cm³/mol. The van der Waals surface area contributed by atoms with Gasteiger partial charge in [0.1, 0.15) is 11.4 Å². The van der Waals surface area contributed by atoms with E-state index in [0.717, 1.165) is 44.6 Å². The maximum atomic E-state index is 13.8. The fourth-order valence-corrected chi connectivity index (χ4v) is 9.53. The smallest absolute Gasteiger partial charge is 0.308 e. The van der Waals surface area contributed by atoms with Gasteiger partial charge in [0.2, 0.25) is 23.7 Å². The number of benzene rings is 2. The van der Waals surface area contributed by atoms with Crippen LogP contribution in [0, 0.1) is 10.8 Å². The summed E-state index contributed by atoms with van der Waals surface area (Å²) in [6.45, 7) is 20.7. The average molecular weight is 1060 g/mol. The van der Waals surface area contributed by atoms with Crippen LogP contribution in [0.1, 0.15) is 94.2 Å². The Morgan fingerprint density at radius 2 is 0.829 bits per heavy atom. The zero-order chi connectivity index (χ0) is 55.2. The Labute approximate surface area is 459 Å². The Bertz CT molecular complexity index is 2980. The zero-order valence-corrected chi connectivity index (χ0v) is 46.7. The van der Waals surface area contributed by atoms with Gasteiger partial charge in [-0.1, -0.05) is 158 Å². The first-order valence-corrected chi connectivity index (χ1v) is 26.1. The number of carbonyl (C=O) groups excluding carboxylic acids is 4. The number of amides is 4. The summed E-state index contributed by atoms with van der Waals surface area (Å²) in [4.78, 5) is 53.1. The van der Waals surface area contributed by atoms with Gasteiger partial charge >= 0.3 is 12.1 Å². The number of halogens is 2. The molecule has 10 nitrogen and oxygen atoms in total. The third kappa shape index (κ3) is 16.4. The van der Waals surface area contributed by atoms with E-state index in [2.05, 4.69) is 124 Å². The number of urea groups is 2. The van der Waals surface area contributed by atoms with Gasteiger partial charge in [0.15, 0.2) is 24.8 Å². The van der Waals surface area contributed by atoms with Crippen molar-refractivity contribution in [3.63, 3.8) is 0 Å². The van der Waals surface area contributed by atoms with E-state index in [0.29, 0.717) is 45.6 Å². The van der Waals surface area contributed by atoms with Crippen LogP contribution in [0.3, 0.4) is 0 Å². The van der Waals surface area contributed by atoms with E-state index in [1.54, 1.807) is 73.1 Å². The lowest BCUT2D eigenvalue weighted by Gasteiger charge is -2.34. The van der Waals surface area contributed by atoms with Crippen molar-refractivity contribution in [2.75, 3.05) is 21.3 Å². The summed E-state index contributed by atoms with van der Waals surface area (Å²) in [5.74, 6) is 0.106. The molecule has 0 aliphatic heterocycles. The number of anilines is 4. The van der Waals surface area contributed by atoms with E-state index in [-0.39, 0.29) is 22.4 Å². The third-order valence-electron chi connectivity index (χ3n) is 13.4. The number of aromatic nitrogens is 2. The molecule has 2 aromatic carbocycles. The van der Waals surface area contributed by atoms with Crippen LogP contribution in [0.25, 0.3) is 0 Å². The van der Waals surface area contributed by atoms with E-state index >= 15 is 0 Å². The quantitative estimate of drug-likeness (QED) is 0.0659. The highest BCUT2D eigenvalue weighted by Crippen LogP contribution is 2.44. The van der Waals surface area contributed by atoms with Crippen molar-refractivity contribution < 1.29 is 28.3 Å². The maximum Gasteiger partial charge on any atom is 0.323 e. The topological polar surface area (TPSA) is 124 Å². The lowest BCUT2D eigenvalue weighted by atomic mass is 9.70. The van der Waals surface area contributed by atoms with E-state index in [9.17, 15) is 19.2 Å². The normalized spacial score (nSPS) is 18.7. The maximum absolute atomic E-state index is 13.8. The van der Waals surface area contributed by atoms with E-state index in [1.165, 1.54) is 0 Å². The Morgan fingerprint density at radius 1 is 0.500 bits per heavy atom. The molecule has 0 spiro atoms. The number of rotatable bonds is 16. The molecule has 2 aromatic heterocycles. The molecule has 4 amide bonds. The number of allylic oxidation sites excluding steroid dienone is 22. The molecule has 0 bridgehead atoms. The molecular formula is C64H70Cl2N6O4+2. The molecule has 4 N–H and O–H groups in total. The Kier molecular flexibility index (Phi) is 19.9. The predicted octanol–water partition coefficient (Wildman–Crippen LogP) is 15.8. The number of carbonyl (C=O) groups is 4. The Hall–Kier alpha value is -7.66. The first-order valence-electron chi connectivity index (χ1n) is 25.4. The molecule has 0 saturated carbocycles. The van der Waals surface area contributed by atoms with Crippen molar-refractivity contribution in [2.45, 2.75) is 94.2 Å². The summed E-state index contributed by atoms with van der Waals surface area (Å²) >= 11 is 11.9. The Balaban J connectivity index is 0.984. The minimum Gasteiger partial charge on any atom is -0.308 e. The molecule has 0 fully saturated rings. The standard InChI is InChI=1S/C64H68Cl2N6O4/c1-43(19-13-21-45(3)25-35-55-47(5)59(73)57(39-63(55,7)8)71-37-15-23-53(41-71)69-61(75)67-51-31-27-49(65)28-32-51)17-11-12-18-44(2)20-14-22-46(4)26-36-56-48(6)60(74)58(40-64(56,9)10)72-38-16-24-54(42-72)70-62(76)68-52-33-29-50(66)30-34-52/h11-38,41-42,57-58H,39-40H2,1-10H3,(H2-2,67,68,69,70,75,76)/p+2/b12-11+,19-13+,20-14+,35-25+,36-26+,43-17+,44-18+,45-21+,46-22+. The summed E-state index contributed by atoms with van der Waals surface area (Å²) in [6, 6.07) is 19.4. The number of nitrogens with zero attached hydrogens (tertiary/aromatic N) is 2. The van der Waals surface area contributed by atoms with Gasteiger partial charge in [-0.15, -0.1) is 0 Å². The number of hydrogen-bond donors (Lipinski definition) is 4. The largest absolute Gasteiger partial charge is 0.323 e. The molecule has 76 heavy (non-hydrogen) atoms. The van der Waals surface area contributed by atoms with Gasteiger partial charge in [-0.05, 0) is 124 Å². The van der Waals surface area contributed by atoms with Crippen LogP contribution in [-0.4, -0.2) is 23.6 Å². The second-order valence-corrected chi connectivity index (χ2v) is 21.6. The molecule has 0 radical (unpaired) electrons. The first kappa shape index (κ1) is 57.6. The summed E-state index contributed by atoms with van der Waals surface area (Å²) in [5.41, 5.74) is 9.62. The lowest BCUT2D eigenvalue weighted by molar-refractivity contribution is -0.710. The number of ketones is 2. The van der Waals surface area contributed by atoms with Crippen molar-refractivity contribution >= 4 is 69.6 Å². The molecule has 6 rings (SSSR count). The summed E-state index contributed by atoms with van der Waals surface area (Å²) in [6.07, 6.45) is 37.3. The van der Waals surface area contributed by atoms with Gasteiger partial charge in [-0.2, -0.15) is 9.13 Å². The van der Waals surface area contributed by atoms with E-state index < -0.39 is 24.1 Å². The Morgan fingerprint density at radius 3 is 1.20 bits per heavy atom. The second kappa shape index (κ2) is 26.2. The highest BCUT2D eigenvalue weighted by molar-refractivity contribution is 6.31. The van der Waals surface area contributed by atoms with Gasteiger partial charge in [0, 0.05) is 57.5 Å². The second-order valence-electron chi connectivity index (χ2n) is 20.7. The average Bonchev–Trinajstić information content (AvgIpc) is 3.38. The first-order chi connectivity index (χ1) is 36.1. The molecule has 2 atom stereocenters. The fraction of sp³-hybridized carbons (Fsp3) is 0.250. The molecule has 392 valence electrons. The number of pyridine rings is 2. The van der Waals surface area contributed by atoms with Crippen molar-refractivity contribution in [1.82, 2.24) is 0 Å². The van der Waals surface area contributed by atoms with Crippen molar-refractivity contribution in [2.24, 2.45) is 10.8 Å². The molecule has 12 heteroatoms. The van der Waals surface area contributed by atoms with Gasteiger partial charge < -0.3 is 21.3 Å². The number of nitrogens with one attached hydrogen (secondary N) is 4. The van der Waals surface area contributed by atoms with Gasteiger partial charge in [-0.3, -0.25) is 9.59 Å². The molecule has 2 aliphatic carbocycles. The van der Waals surface area contributed by atoms with Crippen molar-refractivity contribution in [3.8, 4) is 0 Å². The van der Waals surface area contributed by atoms with Gasteiger partial charge in [0.25, 0.3) is 0 Å². The summed E-state index contributed by atoms with van der Waals surface area (Å²) in [7, 11) is 0. The fourth-order valence-electron chi connectivity index (χ4n) is 9.28. The summed E-state index contributed by atoms with van der Waals surface area (Å²) in [5, 5.41) is 12.5. The van der Waals surface area contributed by atoms with Crippen molar-refractivity contribution in [1.29, 1.82) is 0 Å². The van der Waals surface area contributed by atoms with Crippen LogP contribution >= 0.6 is 23.2 Å². The molecule has 2 heterocycles. The molecule has 2 unspecified atom stereocenters. The molecule has 0 saturated heterocycles. The van der Waals surface area contributed by atoms with Gasteiger partial charge in [-0.25, -0.2) is 9.59 Å². The highest BCUT2D eigenvalue weighted by atomic mass is 35.5. The van der Waals surface area contributed by atoms with E-state index in [1.807, 2.05) is 85.7 Å². The minimum absolute atomic E-state index is 0.0529. The van der Waals surface area contributed by atoms with E-state index in [4.69, 9.17) is 23.2 Å². The van der Waals surface area contributed by atoms with Crippen LogP contribution in [0.2, 0.25) is 10.0 Å². The minimum atomic E-state index is -0.408. The molecular weight excluding hydrogens is 988 g/mol. The SMILES string of the molecule is CC1=C(/C=C/C(C)=C/C=C/C(C)=C/C=C/C=C(C)/C=C/C=C(C)/C=C/C2=C(C)C(=O)C([n+]3cccc(NC(=O)Nc4ccc(Cl)cc4)c3)CC2(C)C)C(C)(C)CC([n+]2cccc(NC(=O)Nc3ccc(Cl)cc3)c2)C1=O. The van der Waals surface area contributed by atoms with Crippen LogP contribution < -0.4 is 30.4 Å². The molecule has 2 aliphatic rings. The monoisotopic (exact) mass is 1060 g/mol. The van der Waals surface area contributed by atoms with Crippen molar-refractivity contribution in [3.05, 3.63) is 237 Å². The summed E-state index contributed by atoms with van der Waals surface area (Å²) < 4.78 is 3.78. The van der Waals surface area contributed by atoms with Crippen LogP contribution in [0.15, 0.2) is 227 Å². The highest BCUT2D eigenvalue weighted by Gasteiger charge is 2.44. The van der Waals surface area contributed by atoms with Crippen LogP contribution in [-0.2, 0) is 9.59 Å². The number of Topliss-reactive ketones (excluding diaryl/α,β-unsaturated/α-hetero) is 2. The third-order valence-corrected chi connectivity index (χ3v) is 13.9. The number of hydrogen-bond acceptors (Lipinski definition) is 4. The lowest BCUT2D eigenvalue weighted by Crippen LogP contribution is -2.48.